The SMILES string of the molecule is CC(C)NC1CCCN(CC2CCC(O)CC2)C1=O. The maximum absolute atomic E-state index is 12.4. The number of hydrogen-bond acceptors (Lipinski definition) is 3. The molecule has 1 saturated heterocycles. The summed E-state index contributed by atoms with van der Waals surface area (Å²) in [6.45, 7) is 5.99. The van der Waals surface area contributed by atoms with Crippen molar-refractivity contribution in [3.8, 4) is 0 Å². The van der Waals surface area contributed by atoms with Gasteiger partial charge in [0, 0.05) is 19.1 Å². The predicted octanol–water partition coefficient (Wildman–Crippen LogP) is 1.53. The standard InChI is InChI=1S/C15H28N2O2/c1-11(2)16-14-4-3-9-17(15(14)19)10-12-5-7-13(18)8-6-12/h11-14,16,18H,3-10H2,1-2H3. The fourth-order valence-electron chi connectivity index (χ4n) is 3.32. The van der Waals surface area contributed by atoms with Gasteiger partial charge in [0.1, 0.15) is 0 Å². The van der Waals surface area contributed by atoms with Gasteiger partial charge in [-0.1, -0.05) is 13.8 Å². The van der Waals surface area contributed by atoms with E-state index in [9.17, 15) is 9.90 Å². The second-order valence-corrected chi connectivity index (χ2v) is 6.47. The van der Waals surface area contributed by atoms with E-state index < -0.39 is 0 Å². The number of aliphatic hydroxyl groups excluding tert-OH is 1. The molecule has 0 radical (unpaired) electrons. The Kier molecular flexibility index (Phi) is 5.22. The third kappa shape index (κ3) is 4.18. The molecule has 1 aliphatic carbocycles. The minimum Gasteiger partial charge on any atom is -0.393 e. The van der Waals surface area contributed by atoms with E-state index in [4.69, 9.17) is 0 Å². The quantitative estimate of drug-likeness (QED) is 0.813. The third-order valence-corrected chi connectivity index (χ3v) is 4.36. The Morgan fingerprint density at radius 1 is 1.26 bits per heavy atom. The van der Waals surface area contributed by atoms with Gasteiger partial charge in [-0.3, -0.25) is 4.79 Å². The van der Waals surface area contributed by atoms with Crippen LogP contribution in [0.5, 0.6) is 0 Å². The van der Waals surface area contributed by atoms with Crippen LogP contribution in [-0.4, -0.2) is 47.2 Å². The normalized spacial score (nSPS) is 32.9. The van der Waals surface area contributed by atoms with Crippen LogP contribution >= 0.6 is 0 Å². The molecule has 1 heterocycles. The largest absolute Gasteiger partial charge is 0.393 e. The van der Waals surface area contributed by atoms with Gasteiger partial charge in [-0.2, -0.15) is 0 Å². The van der Waals surface area contributed by atoms with Crippen molar-refractivity contribution in [2.75, 3.05) is 13.1 Å². The molecule has 0 bridgehead atoms. The summed E-state index contributed by atoms with van der Waals surface area (Å²) in [5.74, 6) is 0.872. The van der Waals surface area contributed by atoms with Gasteiger partial charge in [0.05, 0.1) is 12.1 Å². The molecule has 0 spiro atoms. The van der Waals surface area contributed by atoms with Crippen LogP contribution in [-0.2, 0) is 4.79 Å². The number of hydrogen-bond donors (Lipinski definition) is 2. The average Bonchev–Trinajstić information content (AvgIpc) is 2.36. The van der Waals surface area contributed by atoms with Gasteiger partial charge in [0.25, 0.3) is 0 Å². The van der Waals surface area contributed by atoms with E-state index in [-0.39, 0.29) is 18.1 Å². The lowest BCUT2D eigenvalue weighted by Crippen LogP contribution is -2.53. The summed E-state index contributed by atoms with van der Waals surface area (Å²) in [7, 11) is 0. The van der Waals surface area contributed by atoms with Crippen LogP contribution in [0.3, 0.4) is 0 Å². The van der Waals surface area contributed by atoms with Crippen molar-refractivity contribution in [1.82, 2.24) is 10.2 Å². The minimum atomic E-state index is -0.108. The zero-order valence-corrected chi connectivity index (χ0v) is 12.3. The van der Waals surface area contributed by atoms with Crippen LogP contribution in [0.1, 0.15) is 52.4 Å². The second kappa shape index (κ2) is 6.71. The zero-order valence-electron chi connectivity index (χ0n) is 12.3. The van der Waals surface area contributed by atoms with Gasteiger partial charge in [0.2, 0.25) is 5.91 Å². The maximum Gasteiger partial charge on any atom is 0.239 e. The lowest BCUT2D eigenvalue weighted by molar-refractivity contribution is -0.137. The lowest BCUT2D eigenvalue weighted by Gasteiger charge is -2.37. The number of nitrogens with zero attached hydrogens (tertiary/aromatic N) is 1. The lowest BCUT2D eigenvalue weighted by atomic mass is 9.86. The van der Waals surface area contributed by atoms with Gasteiger partial charge >= 0.3 is 0 Å². The Labute approximate surface area is 116 Å². The molecule has 2 N–H and O–H groups in total. The first-order valence-corrected chi connectivity index (χ1v) is 7.79. The van der Waals surface area contributed by atoms with Crippen LogP contribution in [0.25, 0.3) is 0 Å². The fraction of sp³-hybridized carbons (Fsp3) is 0.933. The summed E-state index contributed by atoms with van der Waals surface area (Å²) in [5, 5.41) is 12.9. The smallest absolute Gasteiger partial charge is 0.239 e. The molecule has 2 fully saturated rings. The Bertz CT molecular complexity index is 299. The van der Waals surface area contributed by atoms with Crippen LogP contribution < -0.4 is 5.32 Å². The van der Waals surface area contributed by atoms with Crippen molar-refractivity contribution in [2.45, 2.75) is 70.6 Å². The van der Waals surface area contributed by atoms with Crippen LogP contribution in [0, 0.1) is 5.92 Å². The molecule has 4 heteroatoms. The van der Waals surface area contributed by atoms with Crippen molar-refractivity contribution in [2.24, 2.45) is 5.92 Å². The van der Waals surface area contributed by atoms with Gasteiger partial charge < -0.3 is 15.3 Å². The molecule has 1 saturated carbocycles. The van der Waals surface area contributed by atoms with Crippen LogP contribution in [0.15, 0.2) is 0 Å². The minimum absolute atomic E-state index is 0.0166. The van der Waals surface area contributed by atoms with E-state index in [1.54, 1.807) is 0 Å². The molecule has 0 aromatic rings. The van der Waals surface area contributed by atoms with Crippen molar-refractivity contribution in [3.05, 3.63) is 0 Å². The average molecular weight is 268 g/mol. The molecule has 0 aromatic carbocycles. The summed E-state index contributed by atoms with van der Waals surface area (Å²) >= 11 is 0. The molecular weight excluding hydrogens is 240 g/mol. The summed E-state index contributed by atoms with van der Waals surface area (Å²) in [4.78, 5) is 14.5. The molecule has 1 unspecified atom stereocenters. The first kappa shape index (κ1) is 14.8. The highest BCUT2D eigenvalue weighted by Gasteiger charge is 2.31. The summed E-state index contributed by atoms with van der Waals surface area (Å²) in [6.07, 6.45) is 5.90. The molecule has 19 heavy (non-hydrogen) atoms. The van der Waals surface area contributed by atoms with E-state index >= 15 is 0 Å². The number of carbonyl (C=O) groups is 1. The first-order chi connectivity index (χ1) is 9.06. The van der Waals surface area contributed by atoms with Gasteiger partial charge in [-0.15, -0.1) is 0 Å². The number of rotatable bonds is 4. The highest BCUT2D eigenvalue weighted by Crippen LogP contribution is 2.26. The Morgan fingerprint density at radius 3 is 2.58 bits per heavy atom. The molecule has 2 rings (SSSR count). The number of likely N-dealkylation sites (tertiary alicyclic amines) is 1. The van der Waals surface area contributed by atoms with Crippen LogP contribution in [0.4, 0.5) is 0 Å². The molecule has 0 aromatic heterocycles. The van der Waals surface area contributed by atoms with Crippen molar-refractivity contribution < 1.29 is 9.90 Å². The molecule has 1 aliphatic heterocycles. The maximum atomic E-state index is 12.4. The summed E-state index contributed by atoms with van der Waals surface area (Å²) in [5.41, 5.74) is 0. The molecule has 110 valence electrons. The van der Waals surface area contributed by atoms with E-state index in [1.165, 1.54) is 0 Å². The Balaban J connectivity index is 1.84. The van der Waals surface area contributed by atoms with E-state index in [0.717, 1.165) is 51.6 Å². The Morgan fingerprint density at radius 2 is 1.95 bits per heavy atom. The van der Waals surface area contributed by atoms with Crippen molar-refractivity contribution in [3.63, 3.8) is 0 Å². The third-order valence-electron chi connectivity index (χ3n) is 4.36. The Hall–Kier alpha value is -0.610. The topological polar surface area (TPSA) is 52.6 Å². The molecule has 4 nitrogen and oxygen atoms in total. The van der Waals surface area contributed by atoms with Gasteiger partial charge in [-0.05, 0) is 44.4 Å². The number of piperidine rings is 1. The number of carbonyl (C=O) groups excluding carboxylic acids is 1. The molecule has 2 aliphatic rings. The highest BCUT2D eigenvalue weighted by molar-refractivity contribution is 5.82. The van der Waals surface area contributed by atoms with E-state index in [0.29, 0.717) is 12.0 Å². The van der Waals surface area contributed by atoms with E-state index in [1.807, 2.05) is 4.90 Å². The first-order valence-electron chi connectivity index (χ1n) is 7.79. The van der Waals surface area contributed by atoms with Crippen molar-refractivity contribution >= 4 is 5.91 Å². The predicted molar refractivity (Wildman–Crippen MR) is 75.8 cm³/mol. The molecular formula is C15H28N2O2. The summed E-state index contributed by atoms with van der Waals surface area (Å²) in [6, 6.07) is 0.377. The number of aliphatic hydroxyl groups is 1. The monoisotopic (exact) mass is 268 g/mol. The summed E-state index contributed by atoms with van der Waals surface area (Å²) < 4.78 is 0. The highest BCUT2D eigenvalue weighted by atomic mass is 16.3. The van der Waals surface area contributed by atoms with Gasteiger partial charge in [0.15, 0.2) is 0 Å². The second-order valence-electron chi connectivity index (χ2n) is 6.47. The van der Waals surface area contributed by atoms with Crippen LogP contribution in [0.2, 0.25) is 0 Å². The number of nitrogens with one attached hydrogen (secondary N) is 1. The zero-order chi connectivity index (χ0) is 13.8. The van der Waals surface area contributed by atoms with Gasteiger partial charge in [-0.25, -0.2) is 0 Å². The fourth-order valence-corrected chi connectivity index (χ4v) is 3.32. The molecule has 1 amide bonds. The van der Waals surface area contributed by atoms with Crippen molar-refractivity contribution in [1.29, 1.82) is 0 Å². The molecule has 1 atom stereocenters. The van der Waals surface area contributed by atoms with E-state index in [2.05, 4.69) is 19.2 Å². The number of amides is 1.